The summed E-state index contributed by atoms with van der Waals surface area (Å²) in [5.74, 6) is 0.717. The minimum absolute atomic E-state index is 0.0709. The Labute approximate surface area is 133 Å². The SMILES string of the molecule is O=C(C1=CCCCO1)N1CCN(Cc2nccn2C(F)F)CC1. The van der Waals surface area contributed by atoms with Crippen LogP contribution in [0.4, 0.5) is 8.78 Å². The average molecular weight is 326 g/mol. The molecule has 1 saturated heterocycles. The van der Waals surface area contributed by atoms with Crippen molar-refractivity contribution in [1.29, 1.82) is 0 Å². The number of ether oxygens (including phenoxy) is 1. The molecule has 0 atom stereocenters. The molecule has 0 aromatic carbocycles. The van der Waals surface area contributed by atoms with Gasteiger partial charge in [-0.1, -0.05) is 0 Å². The van der Waals surface area contributed by atoms with Crippen molar-refractivity contribution < 1.29 is 18.3 Å². The van der Waals surface area contributed by atoms with Gasteiger partial charge in [-0.2, -0.15) is 8.78 Å². The normalized spacial score (nSPS) is 19.6. The molecule has 0 aliphatic carbocycles. The van der Waals surface area contributed by atoms with Crippen LogP contribution in [-0.4, -0.2) is 58.0 Å². The first-order valence-electron chi connectivity index (χ1n) is 7.79. The Balaban J connectivity index is 1.53. The van der Waals surface area contributed by atoms with Crippen LogP contribution in [-0.2, 0) is 16.1 Å². The third-order valence-electron chi connectivity index (χ3n) is 4.13. The van der Waals surface area contributed by atoms with E-state index in [2.05, 4.69) is 4.98 Å². The molecule has 0 bridgehead atoms. The predicted molar refractivity (Wildman–Crippen MR) is 78.6 cm³/mol. The minimum Gasteiger partial charge on any atom is -0.488 e. The second-order valence-corrected chi connectivity index (χ2v) is 5.66. The van der Waals surface area contributed by atoms with Crippen LogP contribution in [0.1, 0.15) is 25.2 Å². The Bertz CT molecular complexity index is 580. The summed E-state index contributed by atoms with van der Waals surface area (Å²) in [5.41, 5.74) is 0. The lowest BCUT2D eigenvalue weighted by molar-refractivity contribution is -0.133. The smallest absolute Gasteiger partial charge is 0.319 e. The number of amides is 1. The molecule has 1 aromatic rings. The molecule has 1 aromatic heterocycles. The van der Waals surface area contributed by atoms with Gasteiger partial charge in [0, 0.05) is 38.6 Å². The molecule has 1 amide bonds. The van der Waals surface area contributed by atoms with Crippen LogP contribution in [0.3, 0.4) is 0 Å². The molecule has 2 aliphatic rings. The Hall–Kier alpha value is -1.96. The van der Waals surface area contributed by atoms with E-state index in [-0.39, 0.29) is 5.91 Å². The van der Waals surface area contributed by atoms with Crippen molar-refractivity contribution in [2.75, 3.05) is 32.8 Å². The summed E-state index contributed by atoms with van der Waals surface area (Å²) in [6.07, 6.45) is 6.33. The Morgan fingerprint density at radius 3 is 2.74 bits per heavy atom. The molecule has 23 heavy (non-hydrogen) atoms. The highest BCUT2D eigenvalue weighted by Gasteiger charge is 2.26. The second-order valence-electron chi connectivity index (χ2n) is 5.66. The third-order valence-corrected chi connectivity index (χ3v) is 4.13. The molecule has 1 fully saturated rings. The molecule has 0 N–H and O–H groups in total. The molecule has 6 nitrogen and oxygen atoms in total. The van der Waals surface area contributed by atoms with E-state index >= 15 is 0 Å². The fraction of sp³-hybridized carbons (Fsp3) is 0.600. The monoisotopic (exact) mass is 326 g/mol. The van der Waals surface area contributed by atoms with Crippen molar-refractivity contribution in [2.24, 2.45) is 0 Å². The Morgan fingerprint density at radius 1 is 1.30 bits per heavy atom. The van der Waals surface area contributed by atoms with Crippen LogP contribution in [0.25, 0.3) is 0 Å². The summed E-state index contributed by atoms with van der Waals surface area (Å²) in [7, 11) is 0. The number of aromatic nitrogens is 2. The third kappa shape index (κ3) is 3.69. The summed E-state index contributed by atoms with van der Waals surface area (Å²) in [4.78, 5) is 20.1. The summed E-state index contributed by atoms with van der Waals surface area (Å²) in [5, 5.41) is 0. The highest BCUT2D eigenvalue weighted by atomic mass is 19.3. The highest BCUT2D eigenvalue weighted by Crippen LogP contribution is 2.17. The van der Waals surface area contributed by atoms with Crippen LogP contribution in [0.15, 0.2) is 24.2 Å². The lowest BCUT2D eigenvalue weighted by Crippen LogP contribution is -2.49. The first-order valence-corrected chi connectivity index (χ1v) is 7.79. The number of imidazole rings is 1. The lowest BCUT2D eigenvalue weighted by Gasteiger charge is -2.35. The number of carbonyl (C=O) groups excluding carboxylic acids is 1. The second kappa shape index (κ2) is 7.08. The number of rotatable bonds is 4. The molecule has 0 spiro atoms. The summed E-state index contributed by atoms with van der Waals surface area (Å²) >= 11 is 0. The minimum atomic E-state index is -2.58. The molecule has 126 valence electrons. The van der Waals surface area contributed by atoms with Crippen LogP contribution < -0.4 is 0 Å². The standard InChI is InChI=1S/C15H20F2N4O2/c16-15(17)21-5-4-18-13(21)11-19-6-8-20(9-7-19)14(22)12-3-1-2-10-23-12/h3-5,15H,1-2,6-11H2. The zero-order valence-electron chi connectivity index (χ0n) is 12.8. The zero-order valence-corrected chi connectivity index (χ0v) is 12.8. The van der Waals surface area contributed by atoms with E-state index in [1.165, 1.54) is 12.4 Å². The van der Waals surface area contributed by atoms with E-state index in [4.69, 9.17) is 4.74 Å². The fourth-order valence-electron chi connectivity index (χ4n) is 2.82. The maximum absolute atomic E-state index is 12.8. The molecule has 0 unspecified atom stereocenters. The van der Waals surface area contributed by atoms with Crippen LogP contribution in [0, 0.1) is 0 Å². The van der Waals surface area contributed by atoms with Crippen molar-refractivity contribution >= 4 is 5.91 Å². The number of hydrogen-bond donors (Lipinski definition) is 0. The van der Waals surface area contributed by atoms with Crippen molar-refractivity contribution in [2.45, 2.75) is 25.9 Å². The van der Waals surface area contributed by atoms with Gasteiger partial charge in [0.25, 0.3) is 5.91 Å². The van der Waals surface area contributed by atoms with Crippen molar-refractivity contribution in [3.8, 4) is 0 Å². The van der Waals surface area contributed by atoms with Gasteiger partial charge in [0.05, 0.1) is 13.2 Å². The van der Waals surface area contributed by atoms with E-state index in [1.54, 1.807) is 4.90 Å². The summed E-state index contributed by atoms with van der Waals surface area (Å²) in [6, 6.07) is 0. The highest BCUT2D eigenvalue weighted by molar-refractivity contribution is 5.91. The quantitative estimate of drug-likeness (QED) is 0.844. The predicted octanol–water partition coefficient (Wildman–Crippen LogP) is 1.62. The number of allylic oxidation sites excluding steroid dienone is 1. The van der Waals surface area contributed by atoms with Gasteiger partial charge < -0.3 is 9.64 Å². The molecule has 8 heteroatoms. The van der Waals surface area contributed by atoms with Gasteiger partial charge in [0.2, 0.25) is 0 Å². The molecule has 3 rings (SSSR count). The molecule has 0 saturated carbocycles. The number of piperazine rings is 1. The van der Waals surface area contributed by atoms with Gasteiger partial charge >= 0.3 is 6.55 Å². The van der Waals surface area contributed by atoms with Gasteiger partial charge in [0.15, 0.2) is 5.76 Å². The largest absolute Gasteiger partial charge is 0.488 e. The summed E-state index contributed by atoms with van der Waals surface area (Å²) < 4.78 is 31.9. The van der Waals surface area contributed by atoms with Gasteiger partial charge in [0.1, 0.15) is 5.82 Å². The van der Waals surface area contributed by atoms with E-state index in [0.717, 1.165) is 17.4 Å². The summed E-state index contributed by atoms with van der Waals surface area (Å²) in [6.45, 7) is 0.770. The van der Waals surface area contributed by atoms with Crippen molar-refractivity contribution in [1.82, 2.24) is 19.4 Å². The van der Waals surface area contributed by atoms with Gasteiger partial charge in [-0.15, -0.1) is 0 Å². The van der Waals surface area contributed by atoms with Crippen LogP contribution in [0.5, 0.6) is 0 Å². The number of halogens is 2. The Morgan fingerprint density at radius 2 is 2.09 bits per heavy atom. The number of carbonyl (C=O) groups is 1. The van der Waals surface area contributed by atoms with E-state index in [1.807, 2.05) is 11.0 Å². The van der Waals surface area contributed by atoms with E-state index < -0.39 is 6.55 Å². The topological polar surface area (TPSA) is 50.6 Å². The van der Waals surface area contributed by atoms with E-state index in [0.29, 0.717) is 50.9 Å². The molecule has 2 aliphatic heterocycles. The zero-order chi connectivity index (χ0) is 16.2. The molecule has 0 radical (unpaired) electrons. The van der Waals surface area contributed by atoms with Crippen LogP contribution in [0.2, 0.25) is 0 Å². The Kier molecular flexibility index (Phi) is 4.90. The number of nitrogens with zero attached hydrogens (tertiary/aromatic N) is 4. The van der Waals surface area contributed by atoms with Gasteiger partial charge in [-0.3, -0.25) is 14.3 Å². The van der Waals surface area contributed by atoms with Crippen LogP contribution >= 0.6 is 0 Å². The lowest BCUT2D eigenvalue weighted by atomic mass is 10.2. The van der Waals surface area contributed by atoms with E-state index in [9.17, 15) is 13.6 Å². The van der Waals surface area contributed by atoms with Gasteiger partial charge in [-0.05, 0) is 18.9 Å². The number of alkyl halides is 2. The molecule has 3 heterocycles. The maximum atomic E-state index is 12.8. The van der Waals surface area contributed by atoms with Crippen molar-refractivity contribution in [3.63, 3.8) is 0 Å². The molecular formula is C15H20F2N4O2. The molecular weight excluding hydrogens is 306 g/mol. The number of hydrogen-bond acceptors (Lipinski definition) is 4. The first kappa shape index (κ1) is 15.9. The maximum Gasteiger partial charge on any atom is 0.319 e. The average Bonchev–Trinajstić information content (AvgIpc) is 3.04. The first-order chi connectivity index (χ1) is 11.1. The fourth-order valence-corrected chi connectivity index (χ4v) is 2.82. The van der Waals surface area contributed by atoms with Gasteiger partial charge in [-0.25, -0.2) is 4.98 Å². The van der Waals surface area contributed by atoms with Crippen molar-refractivity contribution in [3.05, 3.63) is 30.1 Å².